The molecule has 2 heterocycles. The van der Waals surface area contributed by atoms with Gasteiger partial charge in [-0.1, -0.05) is 26.0 Å². The van der Waals surface area contributed by atoms with Crippen molar-refractivity contribution in [3.63, 3.8) is 0 Å². The predicted octanol–water partition coefficient (Wildman–Crippen LogP) is 5.94. The molecule has 2 amide bonds. The summed E-state index contributed by atoms with van der Waals surface area (Å²) in [7, 11) is 1.59. The molecule has 7 heteroatoms. The van der Waals surface area contributed by atoms with Gasteiger partial charge in [-0.2, -0.15) is 0 Å². The van der Waals surface area contributed by atoms with Crippen LogP contribution in [0, 0.1) is 0 Å². The number of methoxy groups -OCH3 is 1. The first-order valence-electron chi connectivity index (χ1n) is 12.8. The molecule has 1 aliphatic heterocycles. The molecule has 1 aliphatic rings. The van der Waals surface area contributed by atoms with E-state index in [0.717, 1.165) is 17.7 Å². The highest BCUT2D eigenvalue weighted by molar-refractivity contribution is 7.10. The molecular formula is C30H36N2O4S. The molecule has 0 aliphatic carbocycles. The van der Waals surface area contributed by atoms with Crippen molar-refractivity contribution in [2.24, 2.45) is 0 Å². The molecule has 2 aromatic carbocycles. The van der Waals surface area contributed by atoms with Gasteiger partial charge < -0.3 is 19.3 Å². The van der Waals surface area contributed by atoms with Crippen molar-refractivity contribution in [1.82, 2.24) is 9.80 Å². The van der Waals surface area contributed by atoms with Gasteiger partial charge in [0, 0.05) is 23.0 Å². The summed E-state index contributed by atoms with van der Waals surface area (Å²) in [6.07, 6.45) is 0.812. The summed E-state index contributed by atoms with van der Waals surface area (Å²) in [5.74, 6) is 1.69. The minimum Gasteiger partial charge on any atom is -0.497 e. The van der Waals surface area contributed by atoms with Crippen LogP contribution in [0.1, 0.15) is 66.0 Å². The van der Waals surface area contributed by atoms with E-state index in [2.05, 4.69) is 37.4 Å². The van der Waals surface area contributed by atoms with Crippen molar-refractivity contribution in [2.45, 2.75) is 52.1 Å². The summed E-state index contributed by atoms with van der Waals surface area (Å²) in [5.41, 5.74) is 2.93. The van der Waals surface area contributed by atoms with Crippen molar-refractivity contribution in [3.8, 4) is 11.5 Å². The summed E-state index contributed by atoms with van der Waals surface area (Å²) in [6.45, 7) is 9.19. The van der Waals surface area contributed by atoms with Crippen molar-refractivity contribution < 1.29 is 19.1 Å². The van der Waals surface area contributed by atoms with Crippen LogP contribution in [0.3, 0.4) is 0 Å². The monoisotopic (exact) mass is 520 g/mol. The van der Waals surface area contributed by atoms with Gasteiger partial charge in [0.2, 0.25) is 5.91 Å². The molecule has 1 aromatic heterocycles. The Balaban J connectivity index is 1.50. The average Bonchev–Trinajstić information content (AvgIpc) is 3.39. The summed E-state index contributed by atoms with van der Waals surface area (Å²) in [6, 6.07) is 16.9. The van der Waals surface area contributed by atoms with Gasteiger partial charge >= 0.3 is 0 Å². The van der Waals surface area contributed by atoms with Gasteiger partial charge in [0.15, 0.2) is 0 Å². The molecule has 0 fully saturated rings. The molecule has 0 radical (unpaired) electrons. The van der Waals surface area contributed by atoms with Gasteiger partial charge in [-0.3, -0.25) is 9.59 Å². The Labute approximate surface area is 223 Å². The quantitative estimate of drug-likeness (QED) is 0.351. The van der Waals surface area contributed by atoms with Gasteiger partial charge in [0.05, 0.1) is 13.2 Å². The maximum absolute atomic E-state index is 13.7. The zero-order valence-corrected chi connectivity index (χ0v) is 23.1. The Bertz CT molecular complexity index is 1200. The van der Waals surface area contributed by atoms with Crippen molar-refractivity contribution >= 4 is 23.2 Å². The van der Waals surface area contributed by atoms with Gasteiger partial charge in [-0.15, -0.1) is 11.3 Å². The third-order valence-corrected chi connectivity index (χ3v) is 7.89. The summed E-state index contributed by atoms with van der Waals surface area (Å²) in [5, 5.41) is 2.08. The standard InChI is InChI=1S/C30H36N2O4S/c1-20(2)22-6-12-25(13-7-22)36-19-27-26-15-17-37-28(26)14-16-31(27)29(33)18-32(21(3)4)30(34)23-8-10-24(35-5)11-9-23/h6-13,15,17,20-21,27H,14,16,18-19H2,1-5H3/t27-/m0/s1. The van der Waals surface area contributed by atoms with Crippen LogP contribution in [0.25, 0.3) is 0 Å². The molecule has 0 spiro atoms. The first kappa shape index (κ1) is 26.7. The Kier molecular flexibility index (Phi) is 8.54. The van der Waals surface area contributed by atoms with E-state index in [4.69, 9.17) is 9.47 Å². The molecule has 0 saturated carbocycles. The van der Waals surface area contributed by atoms with Crippen LogP contribution < -0.4 is 9.47 Å². The molecule has 37 heavy (non-hydrogen) atoms. The lowest BCUT2D eigenvalue weighted by molar-refractivity contribution is -0.136. The second-order valence-corrected chi connectivity index (χ2v) is 10.9. The molecule has 0 bridgehead atoms. The maximum Gasteiger partial charge on any atom is 0.254 e. The molecule has 4 rings (SSSR count). The minimum atomic E-state index is -0.197. The van der Waals surface area contributed by atoms with Crippen LogP contribution in [-0.4, -0.2) is 54.5 Å². The Morgan fingerprint density at radius 3 is 2.30 bits per heavy atom. The van der Waals surface area contributed by atoms with Gasteiger partial charge in [-0.05, 0) is 85.2 Å². The number of nitrogens with zero attached hydrogens (tertiary/aromatic N) is 2. The topological polar surface area (TPSA) is 59.1 Å². The maximum atomic E-state index is 13.7. The highest BCUT2D eigenvalue weighted by Crippen LogP contribution is 2.34. The number of hydrogen-bond acceptors (Lipinski definition) is 5. The van der Waals surface area contributed by atoms with Crippen molar-refractivity contribution in [1.29, 1.82) is 0 Å². The molecule has 0 unspecified atom stereocenters. The second-order valence-electron chi connectivity index (χ2n) is 9.94. The average molecular weight is 521 g/mol. The molecule has 1 atom stereocenters. The number of hydrogen-bond donors (Lipinski definition) is 0. The van der Waals surface area contributed by atoms with Crippen LogP contribution in [0.15, 0.2) is 60.0 Å². The minimum absolute atomic E-state index is 0.0155. The normalized spacial score (nSPS) is 15.0. The van der Waals surface area contributed by atoms with Crippen LogP contribution in [0.4, 0.5) is 0 Å². The lowest BCUT2D eigenvalue weighted by Crippen LogP contribution is -2.49. The number of benzene rings is 2. The first-order valence-corrected chi connectivity index (χ1v) is 13.7. The van der Waals surface area contributed by atoms with Crippen LogP contribution >= 0.6 is 11.3 Å². The third-order valence-electron chi connectivity index (χ3n) is 6.90. The highest BCUT2D eigenvalue weighted by atomic mass is 32.1. The van der Waals surface area contributed by atoms with E-state index in [9.17, 15) is 9.59 Å². The van der Waals surface area contributed by atoms with E-state index >= 15 is 0 Å². The summed E-state index contributed by atoms with van der Waals surface area (Å²) < 4.78 is 11.4. The highest BCUT2D eigenvalue weighted by Gasteiger charge is 2.34. The molecule has 3 aromatic rings. The smallest absolute Gasteiger partial charge is 0.254 e. The van der Waals surface area contributed by atoms with Gasteiger partial charge in [0.1, 0.15) is 24.7 Å². The van der Waals surface area contributed by atoms with Crippen LogP contribution in [0.5, 0.6) is 11.5 Å². The molecule has 6 nitrogen and oxygen atoms in total. The number of carbonyl (C=O) groups is 2. The predicted molar refractivity (Wildman–Crippen MR) is 148 cm³/mol. The van der Waals surface area contributed by atoms with E-state index < -0.39 is 0 Å². The number of fused-ring (bicyclic) bond motifs is 1. The fraction of sp³-hybridized carbons (Fsp3) is 0.400. The first-order chi connectivity index (χ1) is 17.8. The number of thiophene rings is 1. The van der Waals surface area contributed by atoms with Crippen LogP contribution in [0.2, 0.25) is 0 Å². The zero-order chi connectivity index (χ0) is 26.5. The van der Waals surface area contributed by atoms with Gasteiger partial charge in [-0.25, -0.2) is 0 Å². The second kappa shape index (κ2) is 11.8. The third kappa shape index (κ3) is 6.16. The van der Waals surface area contributed by atoms with Gasteiger partial charge in [0.25, 0.3) is 5.91 Å². The van der Waals surface area contributed by atoms with E-state index in [1.807, 2.05) is 30.9 Å². The van der Waals surface area contributed by atoms with E-state index in [-0.39, 0.29) is 30.4 Å². The number of ether oxygens (including phenoxy) is 2. The Morgan fingerprint density at radius 1 is 1.00 bits per heavy atom. The fourth-order valence-corrected chi connectivity index (χ4v) is 5.55. The van der Waals surface area contributed by atoms with E-state index in [0.29, 0.717) is 30.4 Å². The molecule has 196 valence electrons. The lowest BCUT2D eigenvalue weighted by Gasteiger charge is -2.37. The number of rotatable bonds is 9. The molecular weight excluding hydrogens is 484 g/mol. The van der Waals surface area contributed by atoms with Crippen molar-refractivity contribution in [3.05, 3.63) is 81.5 Å². The number of carbonyl (C=O) groups excluding carboxylic acids is 2. The fourth-order valence-electron chi connectivity index (χ4n) is 4.62. The van der Waals surface area contributed by atoms with Crippen LogP contribution in [-0.2, 0) is 11.2 Å². The van der Waals surface area contributed by atoms with Crippen molar-refractivity contribution in [2.75, 3.05) is 26.8 Å². The molecule has 0 N–H and O–H groups in total. The number of amides is 2. The summed E-state index contributed by atoms with van der Waals surface area (Å²) in [4.78, 5) is 31.8. The molecule has 0 saturated heterocycles. The summed E-state index contributed by atoms with van der Waals surface area (Å²) >= 11 is 1.73. The zero-order valence-electron chi connectivity index (χ0n) is 22.3. The Hall–Kier alpha value is -3.32. The lowest BCUT2D eigenvalue weighted by atomic mass is 10.00. The van der Waals surface area contributed by atoms with E-state index in [1.54, 1.807) is 47.6 Å². The SMILES string of the molecule is COc1ccc(C(=O)N(CC(=O)N2CCc3sccc3[C@@H]2COc2ccc(C(C)C)cc2)C(C)C)cc1. The largest absolute Gasteiger partial charge is 0.497 e. The van der Waals surface area contributed by atoms with E-state index in [1.165, 1.54) is 10.4 Å². The Morgan fingerprint density at radius 2 is 1.68 bits per heavy atom.